The van der Waals surface area contributed by atoms with Gasteiger partial charge in [0.2, 0.25) is 18.0 Å². The smallest absolute Gasteiger partial charge is 0.418 e. The summed E-state index contributed by atoms with van der Waals surface area (Å²) in [5, 5.41) is 20.1. The number of benzene rings is 1. The van der Waals surface area contributed by atoms with Crippen molar-refractivity contribution in [3.8, 4) is 11.6 Å². The van der Waals surface area contributed by atoms with E-state index in [1.807, 2.05) is 0 Å². The highest BCUT2D eigenvalue weighted by atomic mass is 19.4. The number of aliphatic hydroxyl groups is 1. The average Bonchev–Trinajstić information content (AvgIpc) is 3.39. The molecule has 1 aliphatic heterocycles. The van der Waals surface area contributed by atoms with Crippen molar-refractivity contribution < 1.29 is 40.7 Å². The van der Waals surface area contributed by atoms with E-state index in [2.05, 4.69) is 20.5 Å². The van der Waals surface area contributed by atoms with Crippen molar-refractivity contribution in [3.63, 3.8) is 0 Å². The summed E-state index contributed by atoms with van der Waals surface area (Å²) in [7, 11) is 0. The number of nitrogens with one attached hydrogen (secondary N) is 1. The zero-order valence-corrected chi connectivity index (χ0v) is 17.9. The third kappa shape index (κ3) is 4.65. The summed E-state index contributed by atoms with van der Waals surface area (Å²) >= 11 is 0. The lowest BCUT2D eigenvalue weighted by Crippen LogP contribution is -2.48. The minimum absolute atomic E-state index is 0.104. The summed E-state index contributed by atoms with van der Waals surface area (Å²) in [5.74, 6) is -1.46. The van der Waals surface area contributed by atoms with Gasteiger partial charge in [-0.05, 0) is 49.7 Å². The molecule has 0 bridgehead atoms. The number of halogens is 6. The Morgan fingerprint density at radius 1 is 1.11 bits per heavy atom. The van der Waals surface area contributed by atoms with Crippen LogP contribution < -0.4 is 5.32 Å². The summed E-state index contributed by atoms with van der Waals surface area (Å²) in [6, 6.07) is 7.34. The molecule has 3 aromatic rings. The number of nitrogens with zero attached hydrogens (tertiary/aromatic N) is 4. The second-order valence-corrected chi connectivity index (χ2v) is 8.01. The first-order valence-electron chi connectivity index (χ1n) is 10.1. The third-order valence-corrected chi connectivity index (χ3v) is 5.57. The molecule has 1 fully saturated rings. The standard InChI is InChI=1S/C21H17F6N5O3/c1-19(8-10-32(17(19)33)18(34)21(25,26)27)16-31-30-15(35-16)14-13(3-2-9-28-14)29-12-6-4-11(5-7-12)20(22,23)24/h2-7,9,18,29,34H,8,10H2,1H3/t18-,19-/m1/s1. The number of aromatic nitrogens is 3. The number of hydrogen-bond acceptors (Lipinski definition) is 7. The lowest BCUT2D eigenvalue weighted by Gasteiger charge is -2.26. The van der Waals surface area contributed by atoms with Gasteiger partial charge in [0.25, 0.3) is 5.89 Å². The summed E-state index contributed by atoms with van der Waals surface area (Å²) < 4.78 is 82.7. The highest BCUT2D eigenvalue weighted by Gasteiger charge is 2.55. The zero-order valence-electron chi connectivity index (χ0n) is 17.9. The normalized spacial score (nSPS) is 19.8. The maximum absolute atomic E-state index is 12.9. The number of alkyl halides is 6. The van der Waals surface area contributed by atoms with Gasteiger partial charge in [0, 0.05) is 18.4 Å². The molecular formula is C21H17F6N5O3. The van der Waals surface area contributed by atoms with Gasteiger partial charge in [-0.15, -0.1) is 10.2 Å². The second kappa shape index (κ2) is 8.52. The van der Waals surface area contributed by atoms with Crippen LogP contribution in [0.3, 0.4) is 0 Å². The van der Waals surface area contributed by atoms with Crippen LogP contribution in [0.4, 0.5) is 37.7 Å². The maximum Gasteiger partial charge on any atom is 0.433 e. The van der Waals surface area contributed by atoms with Crippen LogP contribution in [0.1, 0.15) is 24.8 Å². The molecule has 35 heavy (non-hydrogen) atoms. The molecule has 3 heterocycles. The van der Waals surface area contributed by atoms with Gasteiger partial charge < -0.3 is 19.7 Å². The number of hydrogen-bond donors (Lipinski definition) is 2. The fourth-order valence-electron chi connectivity index (χ4n) is 3.59. The second-order valence-electron chi connectivity index (χ2n) is 8.01. The van der Waals surface area contributed by atoms with E-state index in [0.29, 0.717) is 16.3 Å². The number of amides is 1. The largest absolute Gasteiger partial charge is 0.433 e. The lowest BCUT2D eigenvalue weighted by molar-refractivity contribution is -0.245. The molecule has 0 aliphatic carbocycles. The molecule has 0 unspecified atom stereocenters. The molecule has 2 atom stereocenters. The molecule has 0 radical (unpaired) electrons. The van der Waals surface area contributed by atoms with Crippen molar-refractivity contribution in [1.29, 1.82) is 0 Å². The fraction of sp³-hybridized carbons (Fsp3) is 0.333. The van der Waals surface area contributed by atoms with Crippen LogP contribution in [0.25, 0.3) is 11.6 Å². The number of anilines is 2. The molecule has 1 aromatic carbocycles. The molecular weight excluding hydrogens is 484 g/mol. The fourth-order valence-corrected chi connectivity index (χ4v) is 3.59. The highest BCUT2D eigenvalue weighted by Crippen LogP contribution is 2.39. The first-order chi connectivity index (χ1) is 16.3. The van der Waals surface area contributed by atoms with Crippen molar-refractivity contribution in [2.24, 2.45) is 0 Å². The molecule has 4 rings (SSSR count). The molecule has 1 saturated heterocycles. The molecule has 1 amide bonds. The Bertz CT molecular complexity index is 1230. The Hall–Kier alpha value is -3.68. The molecule has 1 aliphatic rings. The highest BCUT2D eigenvalue weighted by molar-refractivity contribution is 5.89. The molecule has 8 nitrogen and oxygen atoms in total. The lowest BCUT2D eigenvalue weighted by atomic mass is 9.89. The van der Waals surface area contributed by atoms with Crippen molar-refractivity contribution in [1.82, 2.24) is 20.1 Å². The van der Waals surface area contributed by atoms with E-state index in [4.69, 9.17) is 4.42 Å². The quantitative estimate of drug-likeness (QED) is 0.504. The number of pyridine rings is 1. The summed E-state index contributed by atoms with van der Waals surface area (Å²) in [6.07, 6.45) is -11.2. The van der Waals surface area contributed by atoms with Crippen LogP contribution in [-0.2, 0) is 16.4 Å². The Morgan fingerprint density at radius 2 is 1.80 bits per heavy atom. The Morgan fingerprint density at radius 3 is 2.43 bits per heavy atom. The molecule has 2 N–H and O–H groups in total. The van der Waals surface area contributed by atoms with Crippen molar-refractivity contribution in [2.45, 2.75) is 37.3 Å². The zero-order chi connectivity index (χ0) is 25.6. The summed E-state index contributed by atoms with van der Waals surface area (Å²) in [6.45, 7) is 0.952. The van der Waals surface area contributed by atoms with Crippen LogP contribution in [0.15, 0.2) is 47.0 Å². The van der Waals surface area contributed by atoms with Crippen LogP contribution >= 0.6 is 0 Å². The number of rotatable bonds is 5. The number of carbonyl (C=O) groups excluding carboxylic acids is 1. The van der Waals surface area contributed by atoms with Crippen molar-refractivity contribution >= 4 is 17.3 Å². The number of likely N-dealkylation sites (tertiary alicyclic amines) is 1. The van der Waals surface area contributed by atoms with Gasteiger partial charge in [0.1, 0.15) is 5.41 Å². The van der Waals surface area contributed by atoms with E-state index in [1.54, 1.807) is 12.1 Å². The Labute approximate surface area is 193 Å². The SMILES string of the molecule is C[C@]1(c2nnc(-c3ncccc3Nc3ccc(C(F)(F)F)cc3)o2)CCN([C@H](O)C(F)(F)F)C1=O. The summed E-state index contributed by atoms with van der Waals surface area (Å²) in [4.78, 5) is 17.1. The molecule has 186 valence electrons. The predicted molar refractivity (Wildman–Crippen MR) is 108 cm³/mol. The predicted octanol–water partition coefficient (Wildman–Crippen LogP) is 4.26. The maximum atomic E-state index is 12.9. The van der Waals surface area contributed by atoms with Gasteiger partial charge in [-0.2, -0.15) is 26.3 Å². The van der Waals surface area contributed by atoms with Gasteiger partial charge in [-0.1, -0.05) is 0 Å². The minimum atomic E-state index is -5.02. The first-order valence-corrected chi connectivity index (χ1v) is 10.1. The van der Waals surface area contributed by atoms with Crippen LogP contribution in [0, 0.1) is 0 Å². The van der Waals surface area contributed by atoms with Gasteiger partial charge in [-0.3, -0.25) is 4.79 Å². The Kier molecular flexibility index (Phi) is 5.95. The third-order valence-electron chi connectivity index (χ3n) is 5.57. The van der Waals surface area contributed by atoms with E-state index in [9.17, 15) is 36.2 Å². The topological polar surface area (TPSA) is 104 Å². The van der Waals surface area contributed by atoms with Crippen LogP contribution in [-0.4, -0.2) is 50.0 Å². The number of aliphatic hydroxyl groups excluding tert-OH is 1. The molecule has 0 spiro atoms. The first kappa shape index (κ1) is 24.4. The van der Waals surface area contributed by atoms with Crippen molar-refractivity contribution in [3.05, 3.63) is 54.0 Å². The van der Waals surface area contributed by atoms with E-state index in [-0.39, 0.29) is 30.4 Å². The van der Waals surface area contributed by atoms with Gasteiger partial charge >= 0.3 is 12.4 Å². The summed E-state index contributed by atoms with van der Waals surface area (Å²) in [5.41, 5.74) is -1.73. The molecule has 0 saturated carbocycles. The van der Waals surface area contributed by atoms with E-state index in [0.717, 1.165) is 12.1 Å². The number of carbonyl (C=O) groups is 1. The van der Waals surface area contributed by atoms with Crippen LogP contribution in [0.5, 0.6) is 0 Å². The van der Waals surface area contributed by atoms with E-state index in [1.165, 1.54) is 25.3 Å². The average molecular weight is 501 g/mol. The molecule has 14 heteroatoms. The van der Waals surface area contributed by atoms with Gasteiger partial charge in [0.15, 0.2) is 5.69 Å². The van der Waals surface area contributed by atoms with E-state index >= 15 is 0 Å². The van der Waals surface area contributed by atoms with Gasteiger partial charge in [-0.25, -0.2) is 4.98 Å². The van der Waals surface area contributed by atoms with E-state index < -0.39 is 35.5 Å². The Balaban J connectivity index is 1.59. The van der Waals surface area contributed by atoms with Crippen molar-refractivity contribution in [2.75, 3.05) is 11.9 Å². The monoisotopic (exact) mass is 501 g/mol. The van der Waals surface area contributed by atoms with Crippen LogP contribution in [0.2, 0.25) is 0 Å². The minimum Gasteiger partial charge on any atom is -0.418 e. The van der Waals surface area contributed by atoms with Gasteiger partial charge in [0.05, 0.1) is 11.3 Å². The molecule has 2 aromatic heterocycles.